The number of amides is 1. The van der Waals surface area contributed by atoms with E-state index >= 15 is 0 Å². The van der Waals surface area contributed by atoms with Gasteiger partial charge in [0.05, 0.1) is 6.26 Å². The van der Waals surface area contributed by atoms with Crippen molar-refractivity contribution in [1.29, 1.82) is 5.41 Å². The number of hydrogen-bond acceptors (Lipinski definition) is 4. The highest BCUT2D eigenvalue weighted by atomic mass is 127. The van der Waals surface area contributed by atoms with Crippen LogP contribution >= 0.6 is 35.7 Å². The van der Waals surface area contributed by atoms with E-state index in [1.54, 1.807) is 17.0 Å². The smallest absolute Gasteiger partial charge is 0.289 e. The van der Waals surface area contributed by atoms with Crippen molar-refractivity contribution in [3.8, 4) is 0 Å². The molecule has 1 fully saturated rings. The molecule has 1 aromatic rings. The first-order valence-electron chi connectivity index (χ1n) is 5.42. The number of halogens is 1. The zero-order valence-corrected chi connectivity index (χ0v) is 13.2. The molecule has 1 aliphatic rings. The van der Waals surface area contributed by atoms with Crippen LogP contribution in [0.4, 0.5) is 0 Å². The molecule has 2 rings (SSSR count). The number of carbonyl (C=O) groups excluding carboxylic acids is 1. The second-order valence-corrected chi connectivity index (χ2v) is 4.56. The van der Waals surface area contributed by atoms with Gasteiger partial charge < -0.3 is 14.2 Å². The highest BCUT2D eigenvalue weighted by molar-refractivity contribution is 14.0. The molecular weight excluding hydrogens is 365 g/mol. The van der Waals surface area contributed by atoms with Crippen molar-refractivity contribution in [2.24, 2.45) is 0 Å². The number of carbonyl (C=O) groups is 1. The Bertz CT molecular complexity index is 402. The van der Waals surface area contributed by atoms with E-state index in [4.69, 9.17) is 9.83 Å². The van der Waals surface area contributed by atoms with Gasteiger partial charge in [0.25, 0.3) is 5.91 Å². The van der Waals surface area contributed by atoms with Crippen molar-refractivity contribution in [2.45, 2.75) is 0 Å². The van der Waals surface area contributed by atoms with Gasteiger partial charge in [-0.25, -0.2) is 0 Å². The summed E-state index contributed by atoms with van der Waals surface area (Å²) in [5, 5.41) is 8.28. The maximum Gasteiger partial charge on any atom is 0.289 e. The van der Waals surface area contributed by atoms with Gasteiger partial charge in [-0.1, -0.05) is 11.8 Å². The SMILES string of the molecule is CSC(=N)N1CCN(C(=O)c2ccco2)CC1.I. The summed E-state index contributed by atoms with van der Waals surface area (Å²) in [7, 11) is 0. The molecule has 100 valence electrons. The van der Waals surface area contributed by atoms with Crippen molar-refractivity contribution in [3.05, 3.63) is 24.2 Å². The lowest BCUT2D eigenvalue weighted by molar-refractivity contribution is 0.0661. The van der Waals surface area contributed by atoms with Gasteiger partial charge in [0, 0.05) is 26.2 Å². The Balaban J connectivity index is 0.00000162. The summed E-state index contributed by atoms with van der Waals surface area (Å²) < 4.78 is 5.09. The number of furan rings is 1. The molecule has 1 saturated heterocycles. The monoisotopic (exact) mass is 381 g/mol. The van der Waals surface area contributed by atoms with E-state index in [1.807, 2.05) is 11.2 Å². The summed E-state index contributed by atoms with van der Waals surface area (Å²) in [6.45, 7) is 2.71. The highest BCUT2D eigenvalue weighted by Crippen LogP contribution is 2.11. The molecular formula is C11H16IN3O2S. The minimum atomic E-state index is -0.0645. The molecule has 1 N–H and O–H groups in total. The van der Waals surface area contributed by atoms with Crippen LogP contribution in [0.3, 0.4) is 0 Å². The molecule has 0 bridgehead atoms. The van der Waals surface area contributed by atoms with E-state index in [9.17, 15) is 4.79 Å². The number of nitrogens with zero attached hydrogens (tertiary/aromatic N) is 2. The van der Waals surface area contributed by atoms with E-state index in [0.29, 0.717) is 37.1 Å². The molecule has 0 atom stereocenters. The van der Waals surface area contributed by atoms with Gasteiger partial charge in [-0.15, -0.1) is 24.0 Å². The molecule has 0 spiro atoms. The van der Waals surface area contributed by atoms with Crippen molar-refractivity contribution in [3.63, 3.8) is 0 Å². The Kier molecular flexibility index (Phi) is 6.00. The standard InChI is InChI=1S/C11H15N3O2S.HI/c1-17-11(12)14-6-4-13(5-7-14)10(15)9-3-2-8-16-9;/h2-3,8,12H,4-7H2,1H3;1H. The molecule has 0 aliphatic carbocycles. The average Bonchev–Trinajstić information content (AvgIpc) is 2.91. The number of piperazine rings is 1. The van der Waals surface area contributed by atoms with Crippen molar-refractivity contribution in [1.82, 2.24) is 9.80 Å². The molecule has 2 heterocycles. The van der Waals surface area contributed by atoms with Crippen LogP contribution in [0.1, 0.15) is 10.6 Å². The van der Waals surface area contributed by atoms with E-state index in [0.717, 1.165) is 0 Å². The second kappa shape index (κ2) is 7.03. The van der Waals surface area contributed by atoms with Gasteiger partial charge in [-0.05, 0) is 18.4 Å². The third-order valence-electron chi connectivity index (χ3n) is 2.78. The fourth-order valence-corrected chi connectivity index (χ4v) is 2.24. The average molecular weight is 381 g/mol. The molecule has 1 aromatic heterocycles. The van der Waals surface area contributed by atoms with Crippen LogP contribution in [0.5, 0.6) is 0 Å². The maximum absolute atomic E-state index is 12.0. The van der Waals surface area contributed by atoms with Crippen LogP contribution in [-0.2, 0) is 0 Å². The Morgan fingerprint density at radius 2 is 1.94 bits per heavy atom. The summed E-state index contributed by atoms with van der Waals surface area (Å²) >= 11 is 1.43. The predicted molar refractivity (Wildman–Crippen MR) is 82.8 cm³/mol. The Morgan fingerprint density at radius 3 is 2.44 bits per heavy atom. The van der Waals surface area contributed by atoms with Crippen LogP contribution in [0.15, 0.2) is 22.8 Å². The van der Waals surface area contributed by atoms with Crippen molar-refractivity contribution in [2.75, 3.05) is 32.4 Å². The molecule has 7 heteroatoms. The summed E-state index contributed by atoms with van der Waals surface area (Å²) in [4.78, 5) is 15.7. The summed E-state index contributed by atoms with van der Waals surface area (Å²) in [5.41, 5.74) is 0. The normalized spacial score (nSPS) is 15.2. The van der Waals surface area contributed by atoms with Crippen LogP contribution in [0, 0.1) is 5.41 Å². The topological polar surface area (TPSA) is 60.5 Å². The Morgan fingerprint density at radius 1 is 1.33 bits per heavy atom. The van der Waals surface area contributed by atoms with Crippen LogP contribution in [0.25, 0.3) is 0 Å². The first-order valence-corrected chi connectivity index (χ1v) is 6.65. The molecule has 0 saturated carbocycles. The van der Waals surface area contributed by atoms with Crippen LogP contribution in [0.2, 0.25) is 0 Å². The summed E-state index contributed by atoms with van der Waals surface area (Å²) in [6.07, 6.45) is 3.40. The quantitative estimate of drug-likeness (QED) is 0.459. The lowest BCUT2D eigenvalue weighted by Crippen LogP contribution is -2.49. The zero-order chi connectivity index (χ0) is 12.3. The fraction of sp³-hybridized carbons (Fsp3) is 0.455. The lowest BCUT2D eigenvalue weighted by atomic mass is 10.3. The molecule has 1 amide bonds. The predicted octanol–water partition coefficient (Wildman–Crippen LogP) is 1.95. The molecule has 5 nitrogen and oxygen atoms in total. The molecule has 1 aliphatic heterocycles. The Hall–Kier alpha value is -0.700. The van der Waals surface area contributed by atoms with Crippen LogP contribution < -0.4 is 0 Å². The lowest BCUT2D eigenvalue weighted by Gasteiger charge is -2.35. The highest BCUT2D eigenvalue weighted by Gasteiger charge is 2.24. The number of rotatable bonds is 1. The largest absolute Gasteiger partial charge is 0.459 e. The van der Waals surface area contributed by atoms with E-state index < -0.39 is 0 Å². The van der Waals surface area contributed by atoms with Crippen molar-refractivity contribution < 1.29 is 9.21 Å². The minimum absolute atomic E-state index is 0. The van der Waals surface area contributed by atoms with E-state index in [1.165, 1.54) is 18.0 Å². The van der Waals surface area contributed by atoms with Crippen molar-refractivity contribution >= 4 is 46.8 Å². The van der Waals surface area contributed by atoms with Crippen LogP contribution in [-0.4, -0.2) is 53.3 Å². The van der Waals surface area contributed by atoms with Gasteiger partial charge in [-0.2, -0.15) is 0 Å². The Labute approximate surface area is 127 Å². The third kappa shape index (κ3) is 3.41. The van der Waals surface area contributed by atoms with Gasteiger partial charge >= 0.3 is 0 Å². The van der Waals surface area contributed by atoms with E-state index in [-0.39, 0.29) is 29.9 Å². The zero-order valence-electron chi connectivity index (χ0n) is 10.1. The summed E-state index contributed by atoms with van der Waals surface area (Å²) in [6, 6.07) is 3.39. The van der Waals surface area contributed by atoms with E-state index in [2.05, 4.69) is 0 Å². The first-order chi connectivity index (χ1) is 8.22. The van der Waals surface area contributed by atoms with Gasteiger partial charge in [0.2, 0.25) is 0 Å². The third-order valence-corrected chi connectivity index (χ3v) is 3.42. The van der Waals surface area contributed by atoms with Gasteiger partial charge in [0.1, 0.15) is 0 Å². The van der Waals surface area contributed by atoms with Gasteiger partial charge in [-0.3, -0.25) is 10.2 Å². The minimum Gasteiger partial charge on any atom is -0.459 e. The molecule has 0 unspecified atom stereocenters. The second-order valence-electron chi connectivity index (χ2n) is 3.77. The number of thioether (sulfide) groups is 1. The molecule has 0 radical (unpaired) electrons. The molecule has 18 heavy (non-hydrogen) atoms. The molecule has 0 aromatic carbocycles. The first kappa shape index (κ1) is 15.4. The number of nitrogens with one attached hydrogen (secondary N) is 1. The maximum atomic E-state index is 12.0. The number of hydrogen-bond donors (Lipinski definition) is 1. The van der Waals surface area contributed by atoms with Gasteiger partial charge in [0.15, 0.2) is 10.9 Å². The summed E-state index contributed by atoms with van der Waals surface area (Å²) in [5.74, 6) is 0.323. The fourth-order valence-electron chi connectivity index (χ4n) is 1.80. The number of amidine groups is 1.